The van der Waals surface area contributed by atoms with Gasteiger partial charge in [0.25, 0.3) is 10.2 Å². The fourth-order valence-corrected chi connectivity index (χ4v) is 3.59. The third-order valence-electron chi connectivity index (χ3n) is 3.11. The van der Waals surface area contributed by atoms with Crippen LogP contribution in [0.25, 0.3) is 0 Å². The maximum absolute atomic E-state index is 12.0. The van der Waals surface area contributed by atoms with E-state index in [1.807, 2.05) is 4.90 Å². The largest absolute Gasteiger partial charge is 0.353 e. The molecule has 1 saturated heterocycles. The molecule has 0 aliphatic carbocycles. The smallest absolute Gasteiger partial charge is 0.281 e. The number of piperazine rings is 1. The highest BCUT2D eigenvalue weighted by Crippen LogP contribution is 2.27. The minimum atomic E-state index is -3.36. The number of hydrogen-bond donors (Lipinski definition) is 0. The van der Waals surface area contributed by atoms with Crippen LogP contribution in [-0.4, -0.2) is 62.3 Å². The Balaban J connectivity index is 2.08. The Morgan fingerprint density at radius 2 is 1.80 bits per heavy atom. The number of halogens is 2. The summed E-state index contributed by atoms with van der Waals surface area (Å²) in [6, 6.07) is 1.63. The van der Waals surface area contributed by atoms with Gasteiger partial charge in [-0.1, -0.05) is 23.2 Å². The van der Waals surface area contributed by atoms with E-state index in [0.717, 1.165) is 0 Å². The van der Waals surface area contributed by atoms with Crippen molar-refractivity contribution in [2.75, 3.05) is 45.2 Å². The van der Waals surface area contributed by atoms with E-state index in [1.54, 1.807) is 6.07 Å². The minimum Gasteiger partial charge on any atom is -0.353 e. The second-order valence-corrected chi connectivity index (χ2v) is 7.62. The van der Waals surface area contributed by atoms with Crippen molar-refractivity contribution in [3.05, 3.63) is 22.3 Å². The first kappa shape index (κ1) is 15.8. The summed E-state index contributed by atoms with van der Waals surface area (Å²) in [5, 5.41) is 0.953. The molecule has 1 aromatic rings. The summed E-state index contributed by atoms with van der Waals surface area (Å²) in [6.45, 7) is 1.89. The van der Waals surface area contributed by atoms with Crippen molar-refractivity contribution in [3.63, 3.8) is 0 Å². The predicted molar refractivity (Wildman–Crippen MR) is 80.6 cm³/mol. The lowest BCUT2D eigenvalue weighted by Gasteiger charge is -2.36. The molecule has 9 heteroatoms. The van der Waals surface area contributed by atoms with E-state index in [4.69, 9.17) is 23.2 Å². The molecule has 0 saturated carbocycles. The molecule has 0 unspecified atom stereocenters. The Labute approximate surface area is 129 Å². The molecule has 0 atom stereocenters. The molecule has 20 heavy (non-hydrogen) atoms. The second kappa shape index (κ2) is 6.03. The van der Waals surface area contributed by atoms with Crippen molar-refractivity contribution < 1.29 is 8.42 Å². The first-order valence-electron chi connectivity index (χ1n) is 6.06. The van der Waals surface area contributed by atoms with Crippen molar-refractivity contribution in [2.24, 2.45) is 0 Å². The van der Waals surface area contributed by atoms with Crippen LogP contribution < -0.4 is 4.90 Å². The molecule has 0 spiro atoms. The zero-order chi connectivity index (χ0) is 14.9. The number of rotatable bonds is 3. The SMILES string of the molecule is CN(C)S(=O)(=O)N1CCN(c2ncc(Cl)cc2Cl)CC1. The molecule has 1 aliphatic heterocycles. The molecule has 0 aromatic carbocycles. The average Bonchev–Trinajstić information content (AvgIpc) is 2.38. The van der Waals surface area contributed by atoms with Gasteiger partial charge in [-0.15, -0.1) is 0 Å². The van der Waals surface area contributed by atoms with Crippen LogP contribution in [0.1, 0.15) is 0 Å². The molecule has 6 nitrogen and oxygen atoms in total. The first-order chi connectivity index (χ1) is 9.32. The Bertz CT molecular complexity index is 586. The number of anilines is 1. The number of hydrogen-bond acceptors (Lipinski definition) is 4. The van der Waals surface area contributed by atoms with E-state index in [1.165, 1.54) is 28.9 Å². The van der Waals surface area contributed by atoms with Gasteiger partial charge < -0.3 is 4.90 Å². The molecule has 0 bridgehead atoms. The predicted octanol–water partition coefficient (Wildman–Crippen LogP) is 1.32. The van der Waals surface area contributed by atoms with Crippen LogP contribution in [0.4, 0.5) is 5.82 Å². The minimum absolute atomic E-state index is 0.404. The van der Waals surface area contributed by atoms with E-state index in [-0.39, 0.29) is 0 Å². The maximum atomic E-state index is 12.0. The van der Waals surface area contributed by atoms with Gasteiger partial charge >= 0.3 is 0 Å². The lowest BCUT2D eigenvalue weighted by atomic mass is 10.3. The molecule has 1 fully saturated rings. The fourth-order valence-electron chi connectivity index (χ4n) is 2.00. The third-order valence-corrected chi connectivity index (χ3v) is 5.54. The Morgan fingerprint density at radius 3 is 2.30 bits per heavy atom. The Kier molecular flexibility index (Phi) is 4.76. The Hall–Kier alpha value is -0.600. The number of nitrogens with zero attached hydrogens (tertiary/aromatic N) is 4. The third kappa shape index (κ3) is 3.17. The number of aromatic nitrogens is 1. The normalized spacial score (nSPS) is 17.8. The topological polar surface area (TPSA) is 56.8 Å². The van der Waals surface area contributed by atoms with Gasteiger partial charge in [-0.05, 0) is 6.07 Å². The van der Waals surface area contributed by atoms with Crippen molar-refractivity contribution in [1.82, 2.24) is 13.6 Å². The van der Waals surface area contributed by atoms with Crippen LogP contribution >= 0.6 is 23.2 Å². The summed E-state index contributed by atoms with van der Waals surface area (Å²) in [6.07, 6.45) is 1.53. The highest BCUT2D eigenvalue weighted by atomic mass is 35.5. The van der Waals surface area contributed by atoms with Gasteiger partial charge in [0.15, 0.2) is 0 Å². The molecular formula is C11H16Cl2N4O2S. The molecule has 1 aliphatic rings. The van der Waals surface area contributed by atoms with Crippen molar-refractivity contribution in [3.8, 4) is 0 Å². The van der Waals surface area contributed by atoms with Crippen molar-refractivity contribution in [2.45, 2.75) is 0 Å². The molecule has 1 aromatic heterocycles. The van der Waals surface area contributed by atoms with Crippen LogP contribution in [0.15, 0.2) is 12.3 Å². The van der Waals surface area contributed by atoms with E-state index in [0.29, 0.717) is 42.0 Å². The van der Waals surface area contributed by atoms with Gasteiger partial charge in [-0.2, -0.15) is 17.0 Å². The van der Waals surface area contributed by atoms with Gasteiger partial charge in [-0.25, -0.2) is 4.98 Å². The lowest BCUT2D eigenvalue weighted by molar-refractivity contribution is 0.355. The van der Waals surface area contributed by atoms with Gasteiger partial charge in [0.2, 0.25) is 0 Å². The van der Waals surface area contributed by atoms with Crippen molar-refractivity contribution >= 4 is 39.2 Å². The molecule has 0 radical (unpaired) electrons. The summed E-state index contributed by atoms with van der Waals surface area (Å²) in [7, 11) is -0.303. The molecule has 0 N–H and O–H groups in total. The van der Waals surface area contributed by atoms with Gasteiger partial charge in [0, 0.05) is 46.5 Å². The lowest BCUT2D eigenvalue weighted by Crippen LogP contribution is -2.52. The number of pyridine rings is 1. The summed E-state index contributed by atoms with van der Waals surface area (Å²) < 4.78 is 26.7. The molecule has 2 heterocycles. The monoisotopic (exact) mass is 338 g/mol. The second-order valence-electron chi connectivity index (χ2n) is 4.64. The first-order valence-corrected chi connectivity index (χ1v) is 8.21. The zero-order valence-electron chi connectivity index (χ0n) is 11.3. The molecule has 112 valence electrons. The van der Waals surface area contributed by atoms with Crippen molar-refractivity contribution in [1.29, 1.82) is 0 Å². The van der Waals surface area contributed by atoms with Crippen LogP contribution in [0, 0.1) is 0 Å². The van der Waals surface area contributed by atoms with E-state index < -0.39 is 10.2 Å². The van der Waals surface area contributed by atoms with E-state index in [9.17, 15) is 8.42 Å². The summed E-state index contributed by atoms with van der Waals surface area (Å²) in [4.78, 5) is 6.17. The van der Waals surface area contributed by atoms with Crippen LogP contribution in [0.5, 0.6) is 0 Å². The highest BCUT2D eigenvalue weighted by molar-refractivity contribution is 7.86. The molecule has 0 amide bonds. The summed E-state index contributed by atoms with van der Waals surface area (Å²) >= 11 is 11.9. The highest BCUT2D eigenvalue weighted by Gasteiger charge is 2.29. The maximum Gasteiger partial charge on any atom is 0.281 e. The molecular weight excluding hydrogens is 323 g/mol. The summed E-state index contributed by atoms with van der Waals surface area (Å²) in [5.74, 6) is 0.637. The standard InChI is InChI=1S/C11H16Cl2N4O2S/c1-15(2)20(18,19)17-5-3-16(4-6-17)11-10(13)7-9(12)8-14-11/h7-8H,3-6H2,1-2H3. The van der Waals surface area contributed by atoms with Crippen LogP contribution in [-0.2, 0) is 10.2 Å². The van der Waals surface area contributed by atoms with Gasteiger partial charge in [0.05, 0.1) is 10.0 Å². The van der Waals surface area contributed by atoms with Crippen LogP contribution in [0.2, 0.25) is 10.0 Å². The quantitative estimate of drug-likeness (QED) is 0.833. The van der Waals surface area contributed by atoms with E-state index >= 15 is 0 Å². The fraction of sp³-hybridized carbons (Fsp3) is 0.545. The van der Waals surface area contributed by atoms with Gasteiger partial charge in [0.1, 0.15) is 5.82 Å². The van der Waals surface area contributed by atoms with E-state index in [2.05, 4.69) is 4.98 Å². The van der Waals surface area contributed by atoms with Gasteiger partial charge in [-0.3, -0.25) is 0 Å². The Morgan fingerprint density at radius 1 is 1.20 bits per heavy atom. The van der Waals surface area contributed by atoms with Crippen LogP contribution in [0.3, 0.4) is 0 Å². The summed E-state index contributed by atoms with van der Waals surface area (Å²) in [5.41, 5.74) is 0. The average molecular weight is 339 g/mol. The molecule has 2 rings (SSSR count). The zero-order valence-corrected chi connectivity index (χ0v) is 13.6.